The van der Waals surface area contributed by atoms with Crippen molar-refractivity contribution >= 4 is 11.7 Å². The molecule has 3 aromatic rings. The first-order chi connectivity index (χ1) is 11.8. The number of aromatic nitrogens is 3. The molecule has 0 unspecified atom stereocenters. The van der Waals surface area contributed by atoms with Gasteiger partial charge in [0.2, 0.25) is 0 Å². The number of carbonyl (C=O) groups is 1. The molecule has 1 aliphatic rings. The van der Waals surface area contributed by atoms with Crippen LogP contribution in [-0.4, -0.2) is 26.8 Å². The number of carbonyl (C=O) groups excluding carboxylic acids is 1. The van der Waals surface area contributed by atoms with Crippen LogP contribution in [0, 0.1) is 0 Å². The molecule has 6 nitrogen and oxygen atoms in total. The molecule has 1 saturated carbocycles. The quantitative estimate of drug-likeness (QED) is 0.776. The molecule has 120 valence electrons. The Bertz CT molecular complexity index is 832. The molecule has 0 bridgehead atoms. The first-order valence-electron chi connectivity index (χ1n) is 7.89. The fraction of sp³-hybridized carbons (Fsp3) is 0.167. The zero-order chi connectivity index (χ0) is 16.4. The van der Waals surface area contributed by atoms with Gasteiger partial charge < -0.3 is 10.6 Å². The molecule has 2 amide bonds. The van der Waals surface area contributed by atoms with Crippen molar-refractivity contribution in [1.82, 2.24) is 20.1 Å². The highest BCUT2D eigenvalue weighted by atomic mass is 16.2. The largest absolute Gasteiger partial charge is 0.334 e. The first-order valence-corrected chi connectivity index (χ1v) is 7.89. The summed E-state index contributed by atoms with van der Waals surface area (Å²) in [5.41, 5.74) is 1.89. The fourth-order valence-electron chi connectivity index (χ4n) is 2.82. The van der Waals surface area contributed by atoms with Crippen molar-refractivity contribution in [1.29, 1.82) is 0 Å². The number of nitrogens with one attached hydrogen (secondary N) is 2. The lowest BCUT2D eigenvalue weighted by Crippen LogP contribution is -2.31. The van der Waals surface area contributed by atoms with Gasteiger partial charge in [0, 0.05) is 30.6 Å². The Morgan fingerprint density at radius 3 is 2.75 bits per heavy atom. The van der Waals surface area contributed by atoms with E-state index in [0.29, 0.717) is 17.4 Å². The Hall–Kier alpha value is -3.15. The predicted octanol–water partition coefficient (Wildman–Crippen LogP) is 2.94. The third-order valence-corrected chi connectivity index (χ3v) is 4.09. The van der Waals surface area contributed by atoms with Crippen molar-refractivity contribution in [2.75, 3.05) is 5.32 Å². The molecule has 2 N–H and O–H groups in total. The van der Waals surface area contributed by atoms with Crippen LogP contribution in [0.2, 0.25) is 0 Å². The number of urea groups is 1. The molecular formula is C18H17N5O. The van der Waals surface area contributed by atoms with E-state index in [1.54, 1.807) is 29.3 Å². The SMILES string of the molecule is O=C(Nc1cccnc1-n1cccn1)N[C@@H]1C[C@@H]1c1ccccc1. The topological polar surface area (TPSA) is 71.8 Å². The molecule has 1 aromatic carbocycles. The second-order valence-electron chi connectivity index (χ2n) is 5.78. The van der Waals surface area contributed by atoms with Gasteiger partial charge >= 0.3 is 6.03 Å². The van der Waals surface area contributed by atoms with E-state index in [1.807, 2.05) is 30.3 Å². The zero-order valence-electron chi connectivity index (χ0n) is 13.0. The fourth-order valence-corrected chi connectivity index (χ4v) is 2.82. The van der Waals surface area contributed by atoms with E-state index in [0.717, 1.165) is 6.42 Å². The monoisotopic (exact) mass is 319 g/mol. The normalized spacial score (nSPS) is 18.8. The van der Waals surface area contributed by atoms with E-state index < -0.39 is 0 Å². The van der Waals surface area contributed by atoms with Gasteiger partial charge in [-0.1, -0.05) is 30.3 Å². The molecule has 2 aromatic heterocycles. The highest BCUT2D eigenvalue weighted by Gasteiger charge is 2.39. The van der Waals surface area contributed by atoms with Gasteiger partial charge in [0.15, 0.2) is 5.82 Å². The molecule has 0 spiro atoms. The van der Waals surface area contributed by atoms with Gasteiger partial charge in [0.05, 0.1) is 5.69 Å². The van der Waals surface area contributed by atoms with Crippen molar-refractivity contribution in [2.45, 2.75) is 18.4 Å². The first kappa shape index (κ1) is 14.4. The zero-order valence-corrected chi connectivity index (χ0v) is 13.0. The number of amides is 2. The highest BCUT2D eigenvalue weighted by Crippen LogP contribution is 2.40. The molecule has 24 heavy (non-hydrogen) atoms. The Morgan fingerprint density at radius 1 is 1.08 bits per heavy atom. The summed E-state index contributed by atoms with van der Waals surface area (Å²) in [6, 6.07) is 15.6. The standard InChI is InChI=1S/C18H17N5O/c24-18(22-16-12-14(16)13-6-2-1-3-7-13)21-15-8-4-9-19-17(15)23-11-5-10-20-23/h1-11,14,16H,12H2,(H2,21,22,24)/t14-,16-/m1/s1. The summed E-state index contributed by atoms with van der Waals surface area (Å²) in [7, 11) is 0. The minimum Gasteiger partial charge on any atom is -0.334 e. The maximum Gasteiger partial charge on any atom is 0.319 e. The number of benzene rings is 1. The number of hydrogen-bond acceptors (Lipinski definition) is 3. The number of nitrogens with zero attached hydrogens (tertiary/aromatic N) is 3. The Morgan fingerprint density at radius 2 is 1.96 bits per heavy atom. The van der Waals surface area contributed by atoms with Gasteiger partial charge in [-0.25, -0.2) is 14.5 Å². The third-order valence-electron chi connectivity index (χ3n) is 4.09. The van der Waals surface area contributed by atoms with Crippen LogP contribution in [0.3, 0.4) is 0 Å². The minimum absolute atomic E-state index is 0.178. The molecule has 0 radical (unpaired) electrons. The molecule has 2 atom stereocenters. The van der Waals surface area contributed by atoms with Crippen molar-refractivity contribution in [3.63, 3.8) is 0 Å². The van der Waals surface area contributed by atoms with Gasteiger partial charge in [0.25, 0.3) is 0 Å². The molecule has 1 aliphatic carbocycles. The van der Waals surface area contributed by atoms with Crippen molar-refractivity contribution < 1.29 is 4.79 Å². The summed E-state index contributed by atoms with van der Waals surface area (Å²) in [5, 5.41) is 10.0. The van der Waals surface area contributed by atoms with E-state index >= 15 is 0 Å². The highest BCUT2D eigenvalue weighted by molar-refractivity contribution is 5.91. The lowest BCUT2D eigenvalue weighted by molar-refractivity contribution is 0.251. The average Bonchev–Trinajstić information content (AvgIpc) is 3.15. The number of hydrogen-bond donors (Lipinski definition) is 2. The van der Waals surface area contributed by atoms with Gasteiger partial charge in [-0.05, 0) is 30.2 Å². The lowest BCUT2D eigenvalue weighted by Gasteiger charge is -2.11. The summed E-state index contributed by atoms with van der Waals surface area (Å²) in [4.78, 5) is 16.6. The van der Waals surface area contributed by atoms with E-state index in [1.165, 1.54) is 5.56 Å². The van der Waals surface area contributed by atoms with Crippen LogP contribution >= 0.6 is 0 Å². The second-order valence-corrected chi connectivity index (χ2v) is 5.78. The average molecular weight is 319 g/mol. The van der Waals surface area contributed by atoms with Gasteiger partial charge in [-0.2, -0.15) is 5.10 Å². The second kappa shape index (κ2) is 6.16. The smallest absolute Gasteiger partial charge is 0.319 e. The summed E-state index contributed by atoms with van der Waals surface area (Å²) in [6.07, 6.45) is 6.10. The van der Waals surface area contributed by atoms with E-state index in [4.69, 9.17) is 0 Å². The van der Waals surface area contributed by atoms with Crippen LogP contribution in [0.1, 0.15) is 17.9 Å². The lowest BCUT2D eigenvalue weighted by atomic mass is 10.1. The Balaban J connectivity index is 1.41. The van der Waals surface area contributed by atoms with E-state index in [-0.39, 0.29) is 12.1 Å². The van der Waals surface area contributed by atoms with Crippen LogP contribution in [0.15, 0.2) is 67.1 Å². The molecule has 0 aliphatic heterocycles. The Labute approximate surface area is 139 Å². The minimum atomic E-state index is -0.222. The van der Waals surface area contributed by atoms with Crippen LogP contribution in [-0.2, 0) is 0 Å². The predicted molar refractivity (Wildman–Crippen MR) is 91.1 cm³/mol. The van der Waals surface area contributed by atoms with Crippen LogP contribution in [0.25, 0.3) is 5.82 Å². The van der Waals surface area contributed by atoms with E-state index in [2.05, 4.69) is 32.8 Å². The third kappa shape index (κ3) is 2.99. The van der Waals surface area contributed by atoms with Crippen LogP contribution in [0.5, 0.6) is 0 Å². The van der Waals surface area contributed by atoms with Gasteiger partial charge in [-0.3, -0.25) is 0 Å². The van der Waals surface area contributed by atoms with Gasteiger partial charge in [0.1, 0.15) is 0 Å². The van der Waals surface area contributed by atoms with Crippen molar-refractivity contribution in [2.24, 2.45) is 0 Å². The summed E-state index contributed by atoms with van der Waals surface area (Å²) in [5.74, 6) is 0.990. The maximum absolute atomic E-state index is 12.3. The Kier molecular flexibility index (Phi) is 3.70. The summed E-state index contributed by atoms with van der Waals surface area (Å²) >= 11 is 0. The summed E-state index contributed by atoms with van der Waals surface area (Å²) < 4.78 is 1.62. The molecule has 6 heteroatoms. The molecular weight excluding hydrogens is 302 g/mol. The van der Waals surface area contributed by atoms with E-state index in [9.17, 15) is 4.79 Å². The maximum atomic E-state index is 12.3. The molecule has 4 rings (SSSR count). The van der Waals surface area contributed by atoms with Crippen molar-refractivity contribution in [3.8, 4) is 5.82 Å². The number of pyridine rings is 1. The van der Waals surface area contributed by atoms with Gasteiger partial charge in [-0.15, -0.1) is 0 Å². The van der Waals surface area contributed by atoms with Crippen molar-refractivity contribution in [3.05, 3.63) is 72.7 Å². The molecule has 0 saturated heterocycles. The van der Waals surface area contributed by atoms with Crippen LogP contribution in [0.4, 0.5) is 10.5 Å². The molecule has 2 heterocycles. The molecule has 1 fully saturated rings. The number of anilines is 1. The van der Waals surface area contributed by atoms with Crippen LogP contribution < -0.4 is 10.6 Å². The number of rotatable bonds is 4. The summed E-state index contributed by atoms with van der Waals surface area (Å²) in [6.45, 7) is 0.